The van der Waals surface area contributed by atoms with Crippen LogP contribution in [-0.2, 0) is 0 Å². The summed E-state index contributed by atoms with van der Waals surface area (Å²) in [7, 11) is 0. The summed E-state index contributed by atoms with van der Waals surface area (Å²) in [6.45, 7) is 7.92. The first-order valence-corrected chi connectivity index (χ1v) is 5.23. The van der Waals surface area contributed by atoms with Gasteiger partial charge in [-0.25, -0.2) is 0 Å². The van der Waals surface area contributed by atoms with Crippen LogP contribution in [0, 0.1) is 16.7 Å². The summed E-state index contributed by atoms with van der Waals surface area (Å²) < 4.78 is 0. The van der Waals surface area contributed by atoms with E-state index in [0.29, 0.717) is 6.42 Å². The third-order valence-electron chi connectivity index (χ3n) is 2.66. The Morgan fingerprint density at radius 3 is 2.38 bits per heavy atom. The molecule has 0 spiro atoms. The summed E-state index contributed by atoms with van der Waals surface area (Å²) in [6, 6.07) is 2.27. The lowest BCUT2D eigenvalue weighted by atomic mass is 9.89. The van der Waals surface area contributed by atoms with Crippen molar-refractivity contribution in [1.29, 1.82) is 5.26 Å². The fourth-order valence-electron chi connectivity index (χ4n) is 1.99. The highest BCUT2D eigenvalue weighted by atomic mass is 15.1. The normalized spacial score (nSPS) is 19.8. The van der Waals surface area contributed by atoms with Crippen molar-refractivity contribution < 1.29 is 0 Å². The molecule has 0 aromatic carbocycles. The third kappa shape index (κ3) is 3.78. The Bertz CT molecular complexity index is 185. The molecule has 74 valence electrons. The molecule has 13 heavy (non-hydrogen) atoms. The highest BCUT2D eigenvalue weighted by molar-refractivity contribution is 4.85. The van der Waals surface area contributed by atoms with Crippen LogP contribution < -0.4 is 0 Å². The van der Waals surface area contributed by atoms with Gasteiger partial charge in [-0.3, -0.25) is 0 Å². The summed E-state index contributed by atoms with van der Waals surface area (Å²) in [5.74, 6) is 0. The van der Waals surface area contributed by atoms with Crippen molar-refractivity contribution in [2.75, 3.05) is 19.6 Å². The van der Waals surface area contributed by atoms with Gasteiger partial charge in [0.2, 0.25) is 0 Å². The Kier molecular flexibility index (Phi) is 3.74. The molecule has 1 fully saturated rings. The van der Waals surface area contributed by atoms with Gasteiger partial charge in [0, 0.05) is 13.0 Å². The van der Waals surface area contributed by atoms with Crippen molar-refractivity contribution >= 4 is 0 Å². The minimum absolute atomic E-state index is 0.173. The van der Waals surface area contributed by atoms with Crippen LogP contribution in [-0.4, -0.2) is 24.5 Å². The van der Waals surface area contributed by atoms with Crippen LogP contribution in [0.1, 0.15) is 39.5 Å². The van der Waals surface area contributed by atoms with Crippen LogP contribution >= 0.6 is 0 Å². The van der Waals surface area contributed by atoms with E-state index in [0.717, 1.165) is 6.54 Å². The molecule has 0 N–H and O–H groups in total. The Morgan fingerprint density at radius 2 is 1.85 bits per heavy atom. The molecule has 0 unspecified atom stereocenters. The second kappa shape index (κ2) is 4.62. The predicted molar refractivity (Wildman–Crippen MR) is 54.3 cm³/mol. The average molecular weight is 180 g/mol. The molecule has 1 rings (SSSR count). The van der Waals surface area contributed by atoms with Gasteiger partial charge in [-0.2, -0.15) is 5.26 Å². The van der Waals surface area contributed by atoms with Crippen molar-refractivity contribution in [1.82, 2.24) is 4.90 Å². The highest BCUT2D eigenvalue weighted by Crippen LogP contribution is 2.23. The monoisotopic (exact) mass is 180 g/mol. The number of hydrogen-bond donors (Lipinski definition) is 0. The van der Waals surface area contributed by atoms with E-state index in [1.165, 1.54) is 32.4 Å². The minimum Gasteiger partial charge on any atom is -0.303 e. The molecule has 2 nitrogen and oxygen atoms in total. The summed E-state index contributed by atoms with van der Waals surface area (Å²) in [4.78, 5) is 2.50. The summed E-state index contributed by atoms with van der Waals surface area (Å²) in [5.41, 5.74) is 0.173. The molecule has 1 heterocycles. The molecule has 0 aromatic heterocycles. The van der Waals surface area contributed by atoms with Crippen LogP contribution in [0.2, 0.25) is 0 Å². The summed E-state index contributed by atoms with van der Waals surface area (Å²) in [5, 5.41) is 8.66. The minimum atomic E-state index is 0.173. The van der Waals surface area contributed by atoms with Crippen LogP contribution in [0.4, 0.5) is 0 Å². The average Bonchev–Trinajstić information content (AvgIpc) is 2.04. The Labute approximate surface area is 81.5 Å². The standard InChI is InChI=1S/C11H20N2/c1-11(2,6-7-12)10-13-8-4-3-5-9-13/h3-6,8-10H2,1-2H3. The zero-order valence-electron chi connectivity index (χ0n) is 8.84. The Hall–Kier alpha value is -0.550. The molecule has 0 bridgehead atoms. The van der Waals surface area contributed by atoms with Gasteiger partial charge in [-0.05, 0) is 31.3 Å². The third-order valence-corrected chi connectivity index (χ3v) is 2.66. The van der Waals surface area contributed by atoms with E-state index in [9.17, 15) is 0 Å². The number of piperidine rings is 1. The molecule has 2 heteroatoms. The zero-order chi connectivity index (χ0) is 9.73. The van der Waals surface area contributed by atoms with Crippen LogP contribution in [0.3, 0.4) is 0 Å². The molecule has 0 amide bonds. The summed E-state index contributed by atoms with van der Waals surface area (Å²) in [6.07, 6.45) is 4.73. The van der Waals surface area contributed by atoms with Crippen molar-refractivity contribution in [3.05, 3.63) is 0 Å². The molecule has 0 atom stereocenters. The Morgan fingerprint density at radius 1 is 1.23 bits per heavy atom. The molecule has 1 saturated heterocycles. The SMILES string of the molecule is CC(C)(CC#N)CN1CCCCC1. The maximum absolute atomic E-state index is 8.66. The topological polar surface area (TPSA) is 27.0 Å². The van der Waals surface area contributed by atoms with Gasteiger partial charge in [0.1, 0.15) is 0 Å². The predicted octanol–water partition coefficient (Wildman–Crippen LogP) is 2.41. The van der Waals surface area contributed by atoms with Gasteiger partial charge in [-0.15, -0.1) is 0 Å². The summed E-state index contributed by atoms with van der Waals surface area (Å²) >= 11 is 0. The first kappa shape index (κ1) is 10.5. The van der Waals surface area contributed by atoms with Crippen LogP contribution in [0.5, 0.6) is 0 Å². The first-order chi connectivity index (χ1) is 6.14. The number of hydrogen-bond acceptors (Lipinski definition) is 2. The fraction of sp³-hybridized carbons (Fsp3) is 0.909. The van der Waals surface area contributed by atoms with Crippen molar-refractivity contribution in [2.45, 2.75) is 39.5 Å². The maximum Gasteiger partial charge on any atom is 0.0627 e. The van der Waals surface area contributed by atoms with Gasteiger partial charge in [0.15, 0.2) is 0 Å². The van der Waals surface area contributed by atoms with Gasteiger partial charge in [0.05, 0.1) is 6.07 Å². The molecule has 0 aromatic rings. The maximum atomic E-state index is 8.66. The molecule has 1 aliphatic rings. The van der Waals surface area contributed by atoms with E-state index in [2.05, 4.69) is 24.8 Å². The zero-order valence-corrected chi connectivity index (χ0v) is 8.84. The molecule has 0 saturated carbocycles. The van der Waals surface area contributed by atoms with Gasteiger partial charge >= 0.3 is 0 Å². The van der Waals surface area contributed by atoms with Crippen molar-refractivity contribution in [3.8, 4) is 6.07 Å². The lowest BCUT2D eigenvalue weighted by molar-refractivity contribution is 0.155. The van der Waals surface area contributed by atoms with E-state index in [1.54, 1.807) is 0 Å². The first-order valence-electron chi connectivity index (χ1n) is 5.23. The highest BCUT2D eigenvalue weighted by Gasteiger charge is 2.22. The van der Waals surface area contributed by atoms with E-state index in [1.807, 2.05) is 0 Å². The Balaban J connectivity index is 2.33. The van der Waals surface area contributed by atoms with E-state index in [4.69, 9.17) is 5.26 Å². The van der Waals surface area contributed by atoms with Gasteiger partial charge in [-0.1, -0.05) is 20.3 Å². The van der Waals surface area contributed by atoms with Crippen molar-refractivity contribution in [3.63, 3.8) is 0 Å². The lowest BCUT2D eigenvalue weighted by Gasteiger charge is -2.33. The number of likely N-dealkylation sites (tertiary alicyclic amines) is 1. The van der Waals surface area contributed by atoms with Gasteiger partial charge < -0.3 is 4.90 Å². The largest absolute Gasteiger partial charge is 0.303 e. The quantitative estimate of drug-likeness (QED) is 0.667. The lowest BCUT2D eigenvalue weighted by Crippen LogP contribution is -2.37. The second-order valence-corrected chi connectivity index (χ2v) is 4.84. The number of nitriles is 1. The molecule has 0 aliphatic carbocycles. The fourth-order valence-corrected chi connectivity index (χ4v) is 1.99. The van der Waals surface area contributed by atoms with E-state index in [-0.39, 0.29) is 5.41 Å². The number of rotatable bonds is 3. The molecular weight excluding hydrogens is 160 g/mol. The molecule has 0 radical (unpaired) electrons. The van der Waals surface area contributed by atoms with E-state index >= 15 is 0 Å². The second-order valence-electron chi connectivity index (χ2n) is 4.84. The van der Waals surface area contributed by atoms with Crippen molar-refractivity contribution in [2.24, 2.45) is 5.41 Å². The van der Waals surface area contributed by atoms with Gasteiger partial charge in [0.25, 0.3) is 0 Å². The van der Waals surface area contributed by atoms with Crippen LogP contribution in [0.25, 0.3) is 0 Å². The smallest absolute Gasteiger partial charge is 0.0627 e. The number of nitrogens with zero attached hydrogens (tertiary/aromatic N) is 2. The van der Waals surface area contributed by atoms with E-state index < -0.39 is 0 Å². The molecule has 1 aliphatic heterocycles. The van der Waals surface area contributed by atoms with Crippen LogP contribution in [0.15, 0.2) is 0 Å². The molecular formula is C11H20N2.